The largest absolute Gasteiger partial charge is 0.441 e. The second-order valence-corrected chi connectivity index (χ2v) is 7.02. The average Bonchev–Trinajstić information content (AvgIpc) is 3.25. The Labute approximate surface area is 164 Å². The lowest BCUT2D eigenvalue weighted by Crippen LogP contribution is -2.25. The van der Waals surface area contributed by atoms with Gasteiger partial charge in [0, 0.05) is 16.0 Å². The molecule has 0 saturated carbocycles. The van der Waals surface area contributed by atoms with Gasteiger partial charge in [-0.2, -0.15) is 5.10 Å². The summed E-state index contributed by atoms with van der Waals surface area (Å²) >= 11 is 6.05. The van der Waals surface area contributed by atoms with Crippen LogP contribution in [0.1, 0.15) is 11.5 Å². The Kier molecular flexibility index (Phi) is 3.80. The van der Waals surface area contributed by atoms with Crippen molar-refractivity contribution >= 4 is 28.0 Å². The number of benzene rings is 2. The van der Waals surface area contributed by atoms with E-state index in [2.05, 4.69) is 10.1 Å². The first-order valence-corrected chi connectivity index (χ1v) is 9.16. The van der Waals surface area contributed by atoms with Gasteiger partial charge in [-0.3, -0.25) is 9.20 Å². The molecule has 138 valence electrons. The first-order valence-electron chi connectivity index (χ1n) is 8.78. The van der Waals surface area contributed by atoms with Crippen LogP contribution in [0.5, 0.6) is 0 Å². The highest BCUT2D eigenvalue weighted by Gasteiger charge is 2.15. The second-order valence-electron chi connectivity index (χ2n) is 6.58. The van der Waals surface area contributed by atoms with E-state index in [4.69, 9.17) is 16.0 Å². The Hall–Kier alpha value is -3.38. The fourth-order valence-corrected chi connectivity index (χ4v) is 3.53. The molecule has 0 fully saturated rings. The fourth-order valence-electron chi connectivity index (χ4n) is 3.34. The van der Waals surface area contributed by atoms with Crippen molar-refractivity contribution in [3.05, 3.63) is 87.8 Å². The lowest BCUT2D eigenvalue weighted by atomic mass is 10.2. The van der Waals surface area contributed by atoms with Gasteiger partial charge in [0.25, 0.3) is 5.56 Å². The van der Waals surface area contributed by atoms with E-state index in [1.54, 1.807) is 22.9 Å². The van der Waals surface area contributed by atoms with Crippen LogP contribution in [0.25, 0.3) is 27.9 Å². The van der Waals surface area contributed by atoms with Crippen LogP contribution in [0.2, 0.25) is 5.02 Å². The van der Waals surface area contributed by atoms with Gasteiger partial charge in [-0.25, -0.2) is 9.67 Å². The van der Waals surface area contributed by atoms with Crippen LogP contribution < -0.4 is 5.56 Å². The molecule has 0 aliphatic rings. The molecule has 0 unspecified atom stereocenters. The number of para-hydroxylation sites is 1. The van der Waals surface area contributed by atoms with Gasteiger partial charge in [0.2, 0.25) is 5.89 Å². The molecule has 5 rings (SSSR count). The molecule has 2 aromatic carbocycles. The van der Waals surface area contributed by atoms with E-state index in [0.29, 0.717) is 27.9 Å². The van der Waals surface area contributed by atoms with Crippen LogP contribution in [-0.4, -0.2) is 19.2 Å². The van der Waals surface area contributed by atoms with Gasteiger partial charge in [-0.15, -0.1) is 0 Å². The lowest BCUT2D eigenvalue weighted by Gasteiger charge is -2.03. The smallest absolute Gasteiger partial charge is 0.291 e. The quantitative estimate of drug-likeness (QED) is 0.460. The third-order valence-corrected chi connectivity index (χ3v) is 5.01. The van der Waals surface area contributed by atoms with Gasteiger partial charge in [0.1, 0.15) is 23.3 Å². The summed E-state index contributed by atoms with van der Waals surface area (Å²) in [6.07, 6.45) is 1.66. The highest BCUT2D eigenvalue weighted by molar-refractivity contribution is 6.30. The molecule has 0 amide bonds. The number of hydrogen-bond donors (Lipinski definition) is 0. The zero-order valence-corrected chi connectivity index (χ0v) is 15.7. The third kappa shape index (κ3) is 2.70. The molecule has 0 aliphatic heterocycles. The van der Waals surface area contributed by atoms with Gasteiger partial charge in [0.05, 0.1) is 12.1 Å². The number of fused-ring (bicyclic) bond motifs is 3. The van der Waals surface area contributed by atoms with Crippen molar-refractivity contribution in [2.24, 2.45) is 0 Å². The van der Waals surface area contributed by atoms with Crippen LogP contribution in [0, 0.1) is 6.92 Å². The average molecular weight is 391 g/mol. The van der Waals surface area contributed by atoms with Gasteiger partial charge in [0.15, 0.2) is 0 Å². The topological polar surface area (TPSA) is 65.3 Å². The monoisotopic (exact) mass is 390 g/mol. The summed E-state index contributed by atoms with van der Waals surface area (Å²) in [7, 11) is 0. The molecule has 3 heterocycles. The molecule has 28 heavy (non-hydrogen) atoms. The summed E-state index contributed by atoms with van der Waals surface area (Å²) in [5, 5.41) is 5.94. The van der Waals surface area contributed by atoms with Crippen molar-refractivity contribution in [3.63, 3.8) is 0 Å². The van der Waals surface area contributed by atoms with E-state index >= 15 is 0 Å². The van der Waals surface area contributed by atoms with E-state index in [0.717, 1.165) is 16.5 Å². The van der Waals surface area contributed by atoms with Crippen molar-refractivity contribution in [2.45, 2.75) is 13.5 Å². The summed E-state index contributed by atoms with van der Waals surface area (Å²) in [6.45, 7) is 2.05. The van der Waals surface area contributed by atoms with Crippen LogP contribution >= 0.6 is 11.6 Å². The Morgan fingerprint density at radius 1 is 1.07 bits per heavy atom. The first-order chi connectivity index (χ1) is 13.6. The molecule has 5 aromatic rings. The van der Waals surface area contributed by atoms with Gasteiger partial charge < -0.3 is 4.42 Å². The molecule has 0 spiro atoms. The fraction of sp³-hybridized carbons (Fsp3) is 0.0952. The maximum atomic E-state index is 12.9. The van der Waals surface area contributed by atoms with Crippen molar-refractivity contribution in [1.82, 2.24) is 19.2 Å². The summed E-state index contributed by atoms with van der Waals surface area (Å²) in [5.41, 5.74) is 2.80. The second kappa shape index (κ2) is 6.35. The summed E-state index contributed by atoms with van der Waals surface area (Å²) in [5.74, 6) is 1.11. The molecule has 0 saturated heterocycles. The molecular formula is C21H15ClN4O2. The van der Waals surface area contributed by atoms with Gasteiger partial charge in [-0.05, 0) is 37.3 Å². The van der Waals surface area contributed by atoms with E-state index in [-0.39, 0.29) is 12.1 Å². The number of oxazole rings is 1. The number of aromatic nitrogens is 4. The van der Waals surface area contributed by atoms with Crippen molar-refractivity contribution in [3.8, 4) is 11.5 Å². The number of nitrogens with zero attached hydrogens (tertiary/aromatic N) is 4. The number of hydrogen-bond acceptors (Lipinski definition) is 4. The Balaban J connectivity index is 1.56. The molecule has 6 nitrogen and oxygen atoms in total. The molecule has 3 aromatic heterocycles. The first kappa shape index (κ1) is 16.8. The Morgan fingerprint density at radius 2 is 1.93 bits per heavy atom. The molecule has 0 bridgehead atoms. The molecule has 0 N–H and O–H groups in total. The number of halogens is 1. The van der Waals surface area contributed by atoms with Crippen molar-refractivity contribution < 1.29 is 4.42 Å². The van der Waals surface area contributed by atoms with Crippen LogP contribution in [0.15, 0.2) is 70.1 Å². The van der Waals surface area contributed by atoms with Gasteiger partial charge in [-0.1, -0.05) is 35.9 Å². The SMILES string of the molecule is Cc1oc(-c2cccc(Cl)c2)nc1Cn1ncn2c(cc3ccccc32)c1=O. The Bertz CT molecular complexity index is 1400. The summed E-state index contributed by atoms with van der Waals surface area (Å²) in [4.78, 5) is 17.5. The normalized spacial score (nSPS) is 11.5. The summed E-state index contributed by atoms with van der Waals surface area (Å²) in [6, 6.07) is 17.0. The minimum Gasteiger partial charge on any atom is -0.441 e. The minimum atomic E-state index is -0.176. The van der Waals surface area contributed by atoms with Crippen molar-refractivity contribution in [2.75, 3.05) is 0 Å². The van der Waals surface area contributed by atoms with Crippen LogP contribution in [0.3, 0.4) is 0 Å². The third-order valence-electron chi connectivity index (χ3n) is 4.77. The van der Waals surface area contributed by atoms with E-state index in [1.165, 1.54) is 4.68 Å². The highest BCUT2D eigenvalue weighted by Crippen LogP contribution is 2.24. The maximum absolute atomic E-state index is 12.9. The highest BCUT2D eigenvalue weighted by atomic mass is 35.5. The standard InChI is InChI=1S/C21H15ClN4O2/c1-13-17(24-20(28-13)15-6-4-7-16(22)9-15)11-26-21(27)19-10-14-5-2-3-8-18(14)25(19)12-23-26/h2-10,12H,11H2,1H3. The lowest BCUT2D eigenvalue weighted by molar-refractivity contribution is 0.533. The predicted octanol–water partition coefficient (Wildman–Crippen LogP) is 4.31. The maximum Gasteiger partial charge on any atom is 0.291 e. The molecular weight excluding hydrogens is 376 g/mol. The van der Waals surface area contributed by atoms with Crippen molar-refractivity contribution in [1.29, 1.82) is 0 Å². The molecule has 0 atom stereocenters. The minimum absolute atomic E-state index is 0.176. The van der Waals surface area contributed by atoms with E-state index in [1.807, 2.05) is 49.4 Å². The Morgan fingerprint density at radius 3 is 2.79 bits per heavy atom. The zero-order chi connectivity index (χ0) is 19.3. The van der Waals surface area contributed by atoms with Crippen LogP contribution in [-0.2, 0) is 6.54 Å². The molecule has 0 radical (unpaired) electrons. The zero-order valence-electron chi connectivity index (χ0n) is 15.0. The molecule has 7 heteroatoms. The number of rotatable bonds is 3. The van der Waals surface area contributed by atoms with E-state index < -0.39 is 0 Å². The molecule has 0 aliphatic carbocycles. The predicted molar refractivity (Wildman–Crippen MR) is 108 cm³/mol. The van der Waals surface area contributed by atoms with Crippen LogP contribution in [0.4, 0.5) is 0 Å². The number of aryl methyl sites for hydroxylation is 1. The van der Waals surface area contributed by atoms with Gasteiger partial charge >= 0.3 is 0 Å². The summed E-state index contributed by atoms with van der Waals surface area (Å²) < 4.78 is 9.00. The van der Waals surface area contributed by atoms with E-state index in [9.17, 15) is 4.79 Å².